The third kappa shape index (κ3) is 3.34. The van der Waals surface area contributed by atoms with Gasteiger partial charge in [0, 0.05) is 26.3 Å². The fourth-order valence-corrected chi connectivity index (χ4v) is 2.68. The number of aromatic nitrogens is 2. The summed E-state index contributed by atoms with van der Waals surface area (Å²) in [7, 11) is 1.84. The van der Waals surface area contributed by atoms with Crippen molar-refractivity contribution in [2.45, 2.75) is 38.1 Å². The van der Waals surface area contributed by atoms with Crippen LogP contribution in [-0.4, -0.2) is 50.4 Å². The van der Waals surface area contributed by atoms with E-state index in [1.807, 2.05) is 13.2 Å². The van der Waals surface area contributed by atoms with Crippen LogP contribution in [0.2, 0.25) is 0 Å². The Balaban J connectivity index is 1.90. The Kier molecular flexibility index (Phi) is 4.50. The summed E-state index contributed by atoms with van der Waals surface area (Å²) in [5, 5.41) is 16.3. The number of carboxylic acid groups (broad SMARTS) is 1. The summed E-state index contributed by atoms with van der Waals surface area (Å²) in [5.74, 6) is -0.940. The number of nitrogens with one attached hydrogen (secondary N) is 1. The number of rotatable bonds is 4. The summed E-state index contributed by atoms with van der Waals surface area (Å²) in [4.78, 5) is 25.1. The number of carboxylic acids is 1. The number of carbonyl (C=O) groups excluding carboxylic acids is 1. The molecule has 1 unspecified atom stereocenters. The van der Waals surface area contributed by atoms with E-state index >= 15 is 0 Å². The molecule has 1 aromatic heterocycles. The Morgan fingerprint density at radius 2 is 2.24 bits per heavy atom. The molecule has 21 heavy (non-hydrogen) atoms. The van der Waals surface area contributed by atoms with Crippen LogP contribution in [0, 0.1) is 0 Å². The van der Waals surface area contributed by atoms with E-state index in [0.717, 1.165) is 18.4 Å². The first-order chi connectivity index (χ1) is 9.93. The molecule has 7 heteroatoms. The van der Waals surface area contributed by atoms with Gasteiger partial charge in [0.2, 0.25) is 0 Å². The smallest absolute Gasteiger partial charge is 0.329 e. The number of aryl methyl sites for hydroxylation is 1. The second-order valence-corrected chi connectivity index (χ2v) is 5.69. The number of aliphatic carboxylic acids is 1. The standard InChI is InChI=1S/C14H22N4O3/c1-14(12(19)20)6-3-4-8-18(14)13(21)15-7-5-11-9-16-17(2)10-11/h9-10H,3-8H2,1-2H3,(H,15,21)(H,19,20). The maximum absolute atomic E-state index is 12.2. The first-order valence-corrected chi connectivity index (χ1v) is 7.20. The van der Waals surface area contributed by atoms with E-state index in [1.54, 1.807) is 17.8 Å². The van der Waals surface area contributed by atoms with Gasteiger partial charge in [0.15, 0.2) is 0 Å². The van der Waals surface area contributed by atoms with Gasteiger partial charge in [-0.1, -0.05) is 0 Å². The summed E-state index contributed by atoms with van der Waals surface area (Å²) in [5.41, 5.74) is -0.0613. The lowest BCUT2D eigenvalue weighted by molar-refractivity contribution is -0.150. The van der Waals surface area contributed by atoms with Crippen molar-refractivity contribution >= 4 is 12.0 Å². The molecule has 2 N–H and O–H groups in total. The zero-order chi connectivity index (χ0) is 15.5. The average Bonchev–Trinajstić information content (AvgIpc) is 2.84. The number of likely N-dealkylation sites (tertiary alicyclic amines) is 1. The fraction of sp³-hybridized carbons (Fsp3) is 0.643. The van der Waals surface area contributed by atoms with Crippen LogP contribution >= 0.6 is 0 Å². The molecule has 116 valence electrons. The van der Waals surface area contributed by atoms with Crippen molar-refractivity contribution in [2.75, 3.05) is 13.1 Å². The third-order valence-electron chi connectivity index (χ3n) is 4.05. The van der Waals surface area contributed by atoms with Gasteiger partial charge in [-0.05, 0) is 38.2 Å². The van der Waals surface area contributed by atoms with Crippen LogP contribution in [0.4, 0.5) is 4.79 Å². The maximum atomic E-state index is 12.2. The van der Waals surface area contributed by atoms with Crippen molar-refractivity contribution in [3.8, 4) is 0 Å². The van der Waals surface area contributed by atoms with Gasteiger partial charge in [0.05, 0.1) is 6.20 Å². The van der Waals surface area contributed by atoms with Gasteiger partial charge in [-0.15, -0.1) is 0 Å². The van der Waals surface area contributed by atoms with Crippen molar-refractivity contribution in [2.24, 2.45) is 7.05 Å². The molecule has 0 bridgehead atoms. The largest absolute Gasteiger partial charge is 0.480 e. The van der Waals surface area contributed by atoms with E-state index in [0.29, 0.717) is 25.9 Å². The van der Waals surface area contributed by atoms with Crippen LogP contribution in [0.1, 0.15) is 31.7 Å². The topological polar surface area (TPSA) is 87.5 Å². The molecule has 1 saturated heterocycles. The van der Waals surface area contributed by atoms with Crippen molar-refractivity contribution in [3.05, 3.63) is 18.0 Å². The highest BCUT2D eigenvalue weighted by atomic mass is 16.4. The molecular formula is C14H22N4O3. The van der Waals surface area contributed by atoms with E-state index in [4.69, 9.17) is 0 Å². The molecule has 1 fully saturated rings. The highest BCUT2D eigenvalue weighted by molar-refractivity contribution is 5.86. The quantitative estimate of drug-likeness (QED) is 0.867. The summed E-state index contributed by atoms with van der Waals surface area (Å²) in [6.45, 7) is 2.58. The number of hydrogen-bond acceptors (Lipinski definition) is 3. The zero-order valence-corrected chi connectivity index (χ0v) is 12.5. The Labute approximate surface area is 123 Å². The van der Waals surface area contributed by atoms with Gasteiger partial charge in [-0.25, -0.2) is 9.59 Å². The molecule has 1 atom stereocenters. The van der Waals surface area contributed by atoms with Crippen LogP contribution in [0.3, 0.4) is 0 Å². The molecular weight excluding hydrogens is 272 g/mol. The van der Waals surface area contributed by atoms with Crippen molar-refractivity contribution in [1.29, 1.82) is 0 Å². The van der Waals surface area contributed by atoms with Crippen molar-refractivity contribution < 1.29 is 14.7 Å². The summed E-state index contributed by atoms with van der Waals surface area (Å²) in [6, 6.07) is -0.302. The lowest BCUT2D eigenvalue weighted by Gasteiger charge is -2.41. The predicted molar refractivity (Wildman–Crippen MR) is 76.9 cm³/mol. The number of nitrogens with zero attached hydrogens (tertiary/aromatic N) is 3. The highest BCUT2D eigenvalue weighted by Gasteiger charge is 2.43. The fourth-order valence-electron chi connectivity index (χ4n) is 2.68. The van der Waals surface area contributed by atoms with E-state index < -0.39 is 11.5 Å². The van der Waals surface area contributed by atoms with E-state index in [1.165, 1.54) is 4.90 Å². The number of urea groups is 1. The molecule has 1 aliphatic heterocycles. The summed E-state index contributed by atoms with van der Waals surface area (Å²) in [6.07, 6.45) is 6.51. The van der Waals surface area contributed by atoms with E-state index in [2.05, 4.69) is 10.4 Å². The van der Waals surface area contributed by atoms with Gasteiger partial charge in [0.1, 0.15) is 5.54 Å². The second kappa shape index (κ2) is 6.15. The molecule has 0 spiro atoms. The van der Waals surface area contributed by atoms with Crippen LogP contribution in [0.15, 0.2) is 12.4 Å². The molecule has 1 aliphatic rings. The number of piperidine rings is 1. The highest BCUT2D eigenvalue weighted by Crippen LogP contribution is 2.28. The third-order valence-corrected chi connectivity index (χ3v) is 4.05. The zero-order valence-electron chi connectivity index (χ0n) is 12.5. The molecule has 7 nitrogen and oxygen atoms in total. The Morgan fingerprint density at radius 3 is 2.86 bits per heavy atom. The lowest BCUT2D eigenvalue weighted by atomic mass is 9.89. The minimum atomic E-state index is -1.10. The minimum Gasteiger partial charge on any atom is -0.480 e. The summed E-state index contributed by atoms with van der Waals surface area (Å²) < 4.78 is 1.71. The van der Waals surface area contributed by atoms with Crippen LogP contribution < -0.4 is 5.32 Å². The second-order valence-electron chi connectivity index (χ2n) is 5.69. The predicted octanol–water partition coefficient (Wildman–Crippen LogP) is 1.00. The molecule has 0 radical (unpaired) electrons. The van der Waals surface area contributed by atoms with Gasteiger partial charge < -0.3 is 15.3 Å². The van der Waals surface area contributed by atoms with E-state index in [-0.39, 0.29) is 6.03 Å². The normalized spacial score (nSPS) is 22.1. The molecule has 0 aliphatic carbocycles. The van der Waals surface area contributed by atoms with Gasteiger partial charge in [-0.3, -0.25) is 4.68 Å². The SMILES string of the molecule is Cn1cc(CCNC(=O)N2CCCCC2(C)C(=O)O)cn1. The molecule has 2 heterocycles. The minimum absolute atomic E-state index is 0.302. The average molecular weight is 294 g/mol. The molecule has 0 aromatic carbocycles. The van der Waals surface area contributed by atoms with Crippen molar-refractivity contribution in [1.82, 2.24) is 20.0 Å². The molecule has 2 rings (SSSR count). The number of carbonyl (C=O) groups is 2. The first-order valence-electron chi connectivity index (χ1n) is 7.20. The Bertz CT molecular complexity index is 528. The molecule has 2 amide bonds. The Hall–Kier alpha value is -2.05. The first kappa shape index (κ1) is 15.3. The summed E-state index contributed by atoms with van der Waals surface area (Å²) >= 11 is 0. The van der Waals surface area contributed by atoms with Crippen LogP contribution in [0.5, 0.6) is 0 Å². The van der Waals surface area contributed by atoms with E-state index in [9.17, 15) is 14.7 Å². The lowest BCUT2D eigenvalue weighted by Crippen LogP contribution is -2.60. The molecule has 0 saturated carbocycles. The molecule has 1 aromatic rings. The van der Waals surface area contributed by atoms with Gasteiger partial charge in [0.25, 0.3) is 0 Å². The van der Waals surface area contributed by atoms with Gasteiger partial charge >= 0.3 is 12.0 Å². The van der Waals surface area contributed by atoms with Crippen LogP contribution in [0.25, 0.3) is 0 Å². The Morgan fingerprint density at radius 1 is 1.48 bits per heavy atom. The number of amides is 2. The van der Waals surface area contributed by atoms with Gasteiger partial charge in [-0.2, -0.15) is 5.10 Å². The maximum Gasteiger partial charge on any atom is 0.329 e. The van der Waals surface area contributed by atoms with Crippen LogP contribution in [-0.2, 0) is 18.3 Å². The number of hydrogen-bond donors (Lipinski definition) is 2. The van der Waals surface area contributed by atoms with Crippen molar-refractivity contribution in [3.63, 3.8) is 0 Å². The monoisotopic (exact) mass is 294 g/mol.